The van der Waals surface area contributed by atoms with Crippen molar-refractivity contribution in [1.29, 1.82) is 0 Å². The Kier molecular flexibility index (Phi) is 11.3. The number of morpholine rings is 1. The van der Waals surface area contributed by atoms with Gasteiger partial charge in [-0.1, -0.05) is 25.3 Å². The van der Waals surface area contributed by atoms with Gasteiger partial charge in [-0.3, -0.25) is 4.79 Å². The van der Waals surface area contributed by atoms with Crippen molar-refractivity contribution in [3.63, 3.8) is 0 Å². The number of aromatic nitrogens is 1. The third-order valence-corrected chi connectivity index (χ3v) is 8.33. The summed E-state index contributed by atoms with van der Waals surface area (Å²) in [6, 6.07) is 5.94. The molecule has 1 aromatic heterocycles. The molecule has 0 unspecified atom stereocenters. The van der Waals surface area contributed by atoms with Crippen LogP contribution in [0, 0.1) is 6.92 Å². The lowest BCUT2D eigenvalue weighted by molar-refractivity contribution is -0.154. The van der Waals surface area contributed by atoms with E-state index in [2.05, 4.69) is 17.1 Å². The zero-order chi connectivity index (χ0) is 29.2. The lowest BCUT2D eigenvalue weighted by Gasteiger charge is -2.26. The largest absolute Gasteiger partial charge is 0.493 e. The molecule has 1 aliphatic heterocycles. The molecule has 1 aromatic carbocycles. The summed E-state index contributed by atoms with van der Waals surface area (Å²) in [5.41, 5.74) is 2.27. The van der Waals surface area contributed by atoms with E-state index in [-0.39, 0.29) is 25.0 Å². The maximum Gasteiger partial charge on any atom is 0.407 e. The molecule has 4 rings (SSSR count). The fourth-order valence-electron chi connectivity index (χ4n) is 5.10. The van der Waals surface area contributed by atoms with E-state index in [9.17, 15) is 9.59 Å². The number of rotatable bonds is 11. The normalized spacial score (nSPS) is 16.3. The zero-order valence-corrected chi connectivity index (χ0v) is 25.8. The average molecular weight is 588 g/mol. The Morgan fingerprint density at radius 1 is 1.10 bits per heavy atom. The zero-order valence-electron chi connectivity index (χ0n) is 25.0. The fourth-order valence-corrected chi connectivity index (χ4v) is 6.11. The highest BCUT2D eigenvalue weighted by atomic mass is 32.1. The lowest BCUT2D eigenvalue weighted by Crippen LogP contribution is -2.36. The second-order valence-corrected chi connectivity index (χ2v) is 13.0. The number of carbonyl (C=O) groups excluding carboxylic acids is 2. The Morgan fingerprint density at radius 2 is 1.85 bits per heavy atom. The van der Waals surface area contributed by atoms with Gasteiger partial charge in [0.2, 0.25) is 0 Å². The van der Waals surface area contributed by atoms with Crippen LogP contribution in [-0.4, -0.2) is 61.6 Å². The van der Waals surface area contributed by atoms with Gasteiger partial charge in [0.05, 0.1) is 25.5 Å². The first-order chi connectivity index (χ1) is 19.7. The van der Waals surface area contributed by atoms with Crippen molar-refractivity contribution >= 4 is 28.5 Å². The van der Waals surface area contributed by atoms with Gasteiger partial charge in [0.25, 0.3) is 0 Å². The van der Waals surface area contributed by atoms with Crippen LogP contribution in [0.2, 0.25) is 0 Å². The average Bonchev–Trinajstić information content (AvgIpc) is 3.31. The molecule has 1 amide bonds. The predicted molar refractivity (Wildman–Crippen MR) is 160 cm³/mol. The Bertz CT molecular complexity index is 1150. The second-order valence-electron chi connectivity index (χ2n) is 11.8. The molecule has 2 aromatic rings. The van der Waals surface area contributed by atoms with Crippen molar-refractivity contribution in [3.05, 3.63) is 39.9 Å². The van der Waals surface area contributed by atoms with Crippen molar-refractivity contribution < 1.29 is 28.5 Å². The summed E-state index contributed by atoms with van der Waals surface area (Å²) in [7, 11) is 0. The number of thiazole rings is 1. The first-order valence-corrected chi connectivity index (χ1v) is 15.7. The number of hydrogen-bond acceptors (Lipinski definition) is 9. The predicted octanol–water partition coefficient (Wildman–Crippen LogP) is 5.74. The van der Waals surface area contributed by atoms with E-state index in [4.69, 9.17) is 23.9 Å². The molecule has 226 valence electrons. The fraction of sp³-hybridized carbons (Fsp3) is 0.645. The molecular formula is C31H45N3O6S. The molecule has 0 bridgehead atoms. The lowest BCUT2D eigenvalue weighted by atomic mass is 9.96. The highest BCUT2D eigenvalue weighted by molar-refractivity contribution is 7.15. The molecule has 0 spiro atoms. The molecule has 0 atom stereocenters. The Labute approximate surface area is 247 Å². The molecule has 1 saturated heterocycles. The maximum atomic E-state index is 12.5. The van der Waals surface area contributed by atoms with Crippen LogP contribution in [0.5, 0.6) is 5.75 Å². The minimum absolute atomic E-state index is 0.105. The SMILES string of the molecule is Cc1sc(N2CCOCC2)nc1CCOc1ccc(CCC(=O)OC(C)(C)C)c(COC(=O)NC2CCCCC2)c1. The summed E-state index contributed by atoms with van der Waals surface area (Å²) in [5.74, 6) is 0.438. The highest BCUT2D eigenvalue weighted by Crippen LogP contribution is 2.27. The Hall–Kier alpha value is -2.85. The number of benzene rings is 1. The Morgan fingerprint density at radius 3 is 2.59 bits per heavy atom. The number of ether oxygens (including phenoxy) is 4. The van der Waals surface area contributed by atoms with Crippen LogP contribution in [0.1, 0.15) is 81.0 Å². The van der Waals surface area contributed by atoms with Gasteiger partial charge in [-0.05, 0) is 70.2 Å². The smallest absolute Gasteiger partial charge is 0.407 e. The molecule has 41 heavy (non-hydrogen) atoms. The number of nitrogens with one attached hydrogen (secondary N) is 1. The number of carbonyl (C=O) groups is 2. The molecule has 10 heteroatoms. The molecule has 2 heterocycles. The molecule has 1 aliphatic carbocycles. The summed E-state index contributed by atoms with van der Waals surface area (Å²) < 4.78 is 22.7. The van der Waals surface area contributed by atoms with Crippen molar-refractivity contribution in [1.82, 2.24) is 10.3 Å². The van der Waals surface area contributed by atoms with Gasteiger partial charge in [-0.15, -0.1) is 11.3 Å². The summed E-state index contributed by atoms with van der Waals surface area (Å²) >= 11 is 1.72. The number of nitrogens with zero attached hydrogens (tertiary/aromatic N) is 2. The quantitative estimate of drug-likeness (QED) is 0.332. The van der Waals surface area contributed by atoms with Crippen molar-refractivity contribution in [3.8, 4) is 5.75 Å². The van der Waals surface area contributed by atoms with Gasteiger partial charge in [0.15, 0.2) is 5.13 Å². The van der Waals surface area contributed by atoms with Gasteiger partial charge >= 0.3 is 12.1 Å². The summed E-state index contributed by atoms with van der Waals surface area (Å²) in [4.78, 5) is 33.2. The summed E-state index contributed by atoms with van der Waals surface area (Å²) in [6.45, 7) is 11.5. The van der Waals surface area contributed by atoms with Crippen LogP contribution >= 0.6 is 11.3 Å². The first-order valence-electron chi connectivity index (χ1n) is 14.8. The van der Waals surface area contributed by atoms with Crippen LogP contribution in [0.25, 0.3) is 0 Å². The van der Waals surface area contributed by atoms with Crippen molar-refractivity contribution in [2.45, 2.75) is 97.3 Å². The molecular weight excluding hydrogens is 542 g/mol. The summed E-state index contributed by atoms with van der Waals surface area (Å²) in [6.07, 6.45) is 6.49. The van der Waals surface area contributed by atoms with Gasteiger partial charge in [-0.25, -0.2) is 9.78 Å². The molecule has 0 radical (unpaired) electrons. The maximum absolute atomic E-state index is 12.5. The van der Waals surface area contributed by atoms with Gasteiger partial charge in [-0.2, -0.15) is 0 Å². The molecule has 2 fully saturated rings. The number of hydrogen-bond donors (Lipinski definition) is 1. The van der Waals surface area contributed by atoms with Crippen molar-refractivity contribution in [2.24, 2.45) is 0 Å². The van der Waals surface area contributed by atoms with E-state index in [1.807, 2.05) is 39.0 Å². The van der Waals surface area contributed by atoms with E-state index in [0.717, 1.165) is 73.9 Å². The van der Waals surface area contributed by atoms with E-state index in [1.54, 1.807) is 11.3 Å². The summed E-state index contributed by atoms with van der Waals surface area (Å²) in [5, 5.41) is 4.04. The van der Waals surface area contributed by atoms with E-state index >= 15 is 0 Å². The second kappa shape index (κ2) is 14.9. The van der Waals surface area contributed by atoms with Crippen LogP contribution in [0.4, 0.5) is 9.93 Å². The van der Waals surface area contributed by atoms with Crippen LogP contribution in [-0.2, 0) is 38.5 Å². The molecule has 1 N–H and O–H groups in total. The topological polar surface area (TPSA) is 99.2 Å². The van der Waals surface area contributed by atoms with Crippen molar-refractivity contribution in [2.75, 3.05) is 37.8 Å². The standard InChI is InChI=1S/C31H45N3O6S/c1-22-27(33-29(41-22)34-15-18-37-19-16-34)14-17-38-26-12-10-23(11-13-28(35)40-31(2,3)4)24(20-26)21-39-30(36)32-25-8-6-5-7-9-25/h10,12,20,25H,5-9,11,13-19,21H2,1-4H3,(H,32,36). The minimum Gasteiger partial charge on any atom is -0.493 e. The highest BCUT2D eigenvalue weighted by Gasteiger charge is 2.20. The van der Waals surface area contributed by atoms with Crippen LogP contribution in [0.3, 0.4) is 0 Å². The first kappa shape index (κ1) is 31.1. The van der Waals surface area contributed by atoms with E-state index in [0.29, 0.717) is 25.2 Å². The monoisotopic (exact) mass is 587 g/mol. The van der Waals surface area contributed by atoms with E-state index in [1.165, 1.54) is 11.3 Å². The van der Waals surface area contributed by atoms with Gasteiger partial charge in [0.1, 0.15) is 18.0 Å². The number of amides is 1. The van der Waals surface area contributed by atoms with Crippen LogP contribution in [0.15, 0.2) is 18.2 Å². The number of anilines is 1. The third kappa shape index (κ3) is 10.2. The van der Waals surface area contributed by atoms with Crippen LogP contribution < -0.4 is 15.0 Å². The molecule has 9 nitrogen and oxygen atoms in total. The Balaban J connectivity index is 1.36. The van der Waals surface area contributed by atoms with Gasteiger partial charge < -0.3 is 29.2 Å². The minimum atomic E-state index is -0.531. The molecule has 1 saturated carbocycles. The van der Waals surface area contributed by atoms with Gasteiger partial charge in [0, 0.05) is 36.9 Å². The number of aryl methyl sites for hydroxylation is 2. The third-order valence-electron chi connectivity index (χ3n) is 7.25. The molecule has 2 aliphatic rings. The number of esters is 1. The van der Waals surface area contributed by atoms with E-state index < -0.39 is 11.7 Å². The number of alkyl carbamates (subject to hydrolysis) is 1.